The van der Waals surface area contributed by atoms with Crippen LogP contribution in [0.3, 0.4) is 0 Å². The lowest BCUT2D eigenvalue weighted by molar-refractivity contribution is 0.0293. The van der Waals surface area contributed by atoms with Gasteiger partial charge in [0.05, 0.1) is 5.52 Å². The fraction of sp³-hybridized carbons (Fsp3) is 0.471. The Balaban J connectivity index is 1.61. The number of rotatable bonds is 2. The smallest absolute Gasteiger partial charge is 0.410 e. The molecule has 0 aliphatic carbocycles. The molecule has 0 bridgehead atoms. The highest BCUT2D eigenvalue weighted by Gasteiger charge is 2.30. The molecule has 2 heterocycles. The van der Waals surface area contributed by atoms with Crippen LogP contribution in [-0.2, 0) is 4.74 Å². The van der Waals surface area contributed by atoms with Crippen LogP contribution in [0.1, 0.15) is 27.2 Å². The number of hydrogen-bond donors (Lipinski definition) is 1. The third-order valence-corrected chi connectivity index (χ3v) is 3.66. The highest BCUT2D eigenvalue weighted by Crippen LogP contribution is 2.18. The molecule has 23 heavy (non-hydrogen) atoms. The van der Waals surface area contributed by atoms with Crippen molar-refractivity contribution in [1.29, 1.82) is 0 Å². The maximum Gasteiger partial charge on any atom is 0.410 e. The Morgan fingerprint density at radius 3 is 2.91 bits per heavy atom. The summed E-state index contributed by atoms with van der Waals surface area (Å²) in [5.74, 6) is 0.597. The van der Waals surface area contributed by atoms with E-state index in [1.54, 1.807) is 4.90 Å². The lowest BCUT2D eigenvalue weighted by Crippen LogP contribution is -2.36. The summed E-state index contributed by atoms with van der Waals surface area (Å²) < 4.78 is 5.41. The first-order chi connectivity index (χ1) is 10.9. The van der Waals surface area contributed by atoms with Gasteiger partial charge in [-0.25, -0.2) is 14.8 Å². The molecule has 1 amide bonds. The fourth-order valence-electron chi connectivity index (χ4n) is 2.59. The van der Waals surface area contributed by atoms with E-state index in [0.29, 0.717) is 19.0 Å². The zero-order valence-corrected chi connectivity index (χ0v) is 13.7. The SMILES string of the molecule is CC(C)(C)OC(=O)N1CC[C@H](Nc2ncc3ccccc3n2)C1. The van der Waals surface area contributed by atoms with Crippen LogP contribution in [-0.4, -0.2) is 45.7 Å². The van der Waals surface area contributed by atoms with E-state index in [0.717, 1.165) is 17.3 Å². The minimum absolute atomic E-state index is 0.142. The lowest BCUT2D eigenvalue weighted by Gasteiger charge is -2.24. The molecule has 2 aromatic rings. The van der Waals surface area contributed by atoms with E-state index >= 15 is 0 Å². The summed E-state index contributed by atoms with van der Waals surface area (Å²) in [5, 5.41) is 4.32. The summed E-state index contributed by atoms with van der Waals surface area (Å²) in [5.41, 5.74) is 0.441. The van der Waals surface area contributed by atoms with Crippen LogP contribution in [0, 0.1) is 0 Å². The minimum atomic E-state index is -0.468. The van der Waals surface area contributed by atoms with Gasteiger partial charge >= 0.3 is 6.09 Å². The molecule has 1 saturated heterocycles. The first kappa shape index (κ1) is 15.5. The fourth-order valence-corrected chi connectivity index (χ4v) is 2.59. The second kappa shape index (κ2) is 6.02. The zero-order chi connectivity index (χ0) is 16.4. The van der Waals surface area contributed by atoms with Crippen LogP contribution in [0.5, 0.6) is 0 Å². The molecule has 0 unspecified atom stereocenters. The number of benzene rings is 1. The molecule has 0 saturated carbocycles. The van der Waals surface area contributed by atoms with E-state index in [4.69, 9.17) is 4.74 Å². The van der Waals surface area contributed by atoms with Gasteiger partial charge in [0.1, 0.15) is 5.60 Å². The summed E-state index contributed by atoms with van der Waals surface area (Å²) in [6.07, 6.45) is 2.40. The second-order valence-electron chi connectivity index (χ2n) is 6.81. The van der Waals surface area contributed by atoms with Gasteiger partial charge in [-0.15, -0.1) is 0 Å². The van der Waals surface area contributed by atoms with Crippen LogP contribution in [0.15, 0.2) is 30.5 Å². The Labute approximate surface area is 135 Å². The predicted octanol–water partition coefficient (Wildman–Crippen LogP) is 3.05. The van der Waals surface area contributed by atoms with Crippen LogP contribution < -0.4 is 5.32 Å². The topological polar surface area (TPSA) is 67.3 Å². The maximum atomic E-state index is 12.1. The minimum Gasteiger partial charge on any atom is -0.444 e. The summed E-state index contributed by atoms with van der Waals surface area (Å²) in [7, 11) is 0. The van der Waals surface area contributed by atoms with Crippen molar-refractivity contribution < 1.29 is 9.53 Å². The Morgan fingerprint density at radius 1 is 1.35 bits per heavy atom. The van der Waals surface area contributed by atoms with E-state index in [1.807, 2.05) is 51.2 Å². The molecule has 0 radical (unpaired) electrons. The van der Waals surface area contributed by atoms with Gasteiger partial charge in [0, 0.05) is 30.7 Å². The van der Waals surface area contributed by atoms with Gasteiger partial charge in [-0.1, -0.05) is 18.2 Å². The number of anilines is 1. The van der Waals surface area contributed by atoms with E-state index in [1.165, 1.54) is 0 Å². The Hall–Kier alpha value is -2.37. The number of amides is 1. The molecular weight excluding hydrogens is 292 g/mol. The number of nitrogens with one attached hydrogen (secondary N) is 1. The summed E-state index contributed by atoms with van der Waals surface area (Å²) >= 11 is 0. The van der Waals surface area contributed by atoms with E-state index in [9.17, 15) is 4.79 Å². The monoisotopic (exact) mass is 314 g/mol. The Kier molecular flexibility index (Phi) is 4.07. The Bertz CT molecular complexity index is 711. The van der Waals surface area contributed by atoms with Gasteiger partial charge in [0.2, 0.25) is 5.95 Å². The van der Waals surface area contributed by atoms with Gasteiger partial charge in [-0.3, -0.25) is 0 Å². The van der Waals surface area contributed by atoms with Crippen molar-refractivity contribution in [3.8, 4) is 0 Å². The molecule has 1 aliphatic heterocycles. The van der Waals surface area contributed by atoms with Gasteiger partial charge < -0.3 is 15.0 Å². The van der Waals surface area contributed by atoms with Crippen LogP contribution in [0.2, 0.25) is 0 Å². The van der Waals surface area contributed by atoms with Gasteiger partial charge in [-0.2, -0.15) is 0 Å². The van der Waals surface area contributed by atoms with Crippen molar-refractivity contribution >= 4 is 22.9 Å². The van der Waals surface area contributed by atoms with Gasteiger partial charge in [0.15, 0.2) is 0 Å². The van der Waals surface area contributed by atoms with E-state index in [-0.39, 0.29) is 12.1 Å². The first-order valence-electron chi connectivity index (χ1n) is 7.87. The number of carbonyl (C=O) groups is 1. The summed E-state index contributed by atoms with van der Waals surface area (Å²) in [6, 6.07) is 8.01. The number of fused-ring (bicyclic) bond motifs is 1. The molecule has 3 rings (SSSR count). The van der Waals surface area contributed by atoms with E-state index < -0.39 is 5.60 Å². The number of carbonyl (C=O) groups excluding carboxylic acids is 1. The maximum absolute atomic E-state index is 12.1. The normalized spacial score (nSPS) is 18.2. The first-order valence-corrected chi connectivity index (χ1v) is 7.87. The highest BCUT2D eigenvalue weighted by atomic mass is 16.6. The average Bonchev–Trinajstić information content (AvgIpc) is 2.94. The number of ether oxygens (including phenoxy) is 1. The number of nitrogens with zero attached hydrogens (tertiary/aromatic N) is 3. The molecular formula is C17H22N4O2. The van der Waals surface area contributed by atoms with Crippen molar-refractivity contribution in [2.75, 3.05) is 18.4 Å². The van der Waals surface area contributed by atoms with Crippen molar-refractivity contribution in [3.63, 3.8) is 0 Å². The molecule has 1 atom stereocenters. The van der Waals surface area contributed by atoms with Crippen molar-refractivity contribution in [1.82, 2.24) is 14.9 Å². The molecule has 0 spiro atoms. The lowest BCUT2D eigenvalue weighted by atomic mass is 10.2. The number of aromatic nitrogens is 2. The largest absolute Gasteiger partial charge is 0.444 e. The molecule has 1 aromatic heterocycles. The number of likely N-dealkylation sites (tertiary alicyclic amines) is 1. The molecule has 6 nitrogen and oxygen atoms in total. The van der Waals surface area contributed by atoms with Crippen molar-refractivity contribution in [2.24, 2.45) is 0 Å². The van der Waals surface area contributed by atoms with Crippen LogP contribution >= 0.6 is 0 Å². The number of hydrogen-bond acceptors (Lipinski definition) is 5. The van der Waals surface area contributed by atoms with Crippen LogP contribution in [0.25, 0.3) is 10.9 Å². The molecule has 1 aromatic carbocycles. The summed E-state index contributed by atoms with van der Waals surface area (Å²) in [6.45, 7) is 6.91. The summed E-state index contributed by atoms with van der Waals surface area (Å²) in [4.78, 5) is 22.7. The standard InChI is InChI=1S/C17H22N4O2/c1-17(2,3)23-16(22)21-9-8-13(11-21)19-15-18-10-12-6-4-5-7-14(12)20-15/h4-7,10,13H,8-9,11H2,1-3H3,(H,18,19,20)/t13-/m0/s1. The third kappa shape index (κ3) is 3.88. The quantitative estimate of drug-likeness (QED) is 0.923. The molecule has 1 fully saturated rings. The molecule has 1 aliphatic rings. The predicted molar refractivity (Wildman–Crippen MR) is 89.4 cm³/mol. The zero-order valence-electron chi connectivity index (χ0n) is 13.7. The van der Waals surface area contributed by atoms with Gasteiger partial charge in [-0.05, 0) is 33.3 Å². The van der Waals surface area contributed by atoms with Crippen LogP contribution in [0.4, 0.5) is 10.7 Å². The second-order valence-corrected chi connectivity index (χ2v) is 6.81. The molecule has 1 N–H and O–H groups in total. The number of para-hydroxylation sites is 1. The average molecular weight is 314 g/mol. The highest BCUT2D eigenvalue weighted by molar-refractivity contribution is 5.78. The van der Waals surface area contributed by atoms with Crippen molar-refractivity contribution in [3.05, 3.63) is 30.5 Å². The third-order valence-electron chi connectivity index (χ3n) is 3.66. The molecule has 122 valence electrons. The van der Waals surface area contributed by atoms with Gasteiger partial charge in [0.25, 0.3) is 0 Å². The van der Waals surface area contributed by atoms with E-state index in [2.05, 4.69) is 15.3 Å². The molecule has 6 heteroatoms. The Morgan fingerprint density at radius 2 is 2.13 bits per heavy atom. The van der Waals surface area contributed by atoms with Crippen molar-refractivity contribution in [2.45, 2.75) is 38.8 Å².